The van der Waals surface area contributed by atoms with Crippen LogP contribution in [-0.2, 0) is 9.53 Å². The summed E-state index contributed by atoms with van der Waals surface area (Å²) in [7, 11) is 1.53. The van der Waals surface area contributed by atoms with Crippen molar-refractivity contribution in [3.63, 3.8) is 0 Å². The van der Waals surface area contributed by atoms with Crippen molar-refractivity contribution in [1.82, 2.24) is 9.80 Å². The second kappa shape index (κ2) is 37.8. The number of methoxy groups -OCH3 is 1. The van der Waals surface area contributed by atoms with Gasteiger partial charge in [0.15, 0.2) is 0 Å². The molecule has 0 aromatic carbocycles. The molecular weight excluding hydrogens is 552 g/mol. The molecule has 0 aliphatic carbocycles. The smallest absolute Gasteiger partial charge is 0.319 e. The molecule has 0 atom stereocenters. The van der Waals surface area contributed by atoms with Crippen molar-refractivity contribution >= 4 is 5.97 Å². The molecule has 0 unspecified atom stereocenters. The molecule has 0 aromatic rings. The molecular formula is C41H84N2O2. The molecule has 4 nitrogen and oxygen atoms in total. The summed E-state index contributed by atoms with van der Waals surface area (Å²) in [5.74, 6) is -0.0852. The van der Waals surface area contributed by atoms with Crippen LogP contribution in [0.3, 0.4) is 0 Å². The van der Waals surface area contributed by atoms with E-state index in [9.17, 15) is 4.79 Å². The van der Waals surface area contributed by atoms with Crippen LogP contribution in [0, 0.1) is 0 Å². The predicted molar refractivity (Wildman–Crippen MR) is 200 cm³/mol. The Labute approximate surface area is 284 Å². The van der Waals surface area contributed by atoms with E-state index in [-0.39, 0.29) is 5.97 Å². The number of hydrogen-bond acceptors (Lipinski definition) is 4. The molecule has 4 heteroatoms. The lowest BCUT2D eigenvalue weighted by Gasteiger charge is -2.27. The van der Waals surface area contributed by atoms with Gasteiger partial charge in [0.25, 0.3) is 0 Å². The fraction of sp³-hybridized carbons (Fsp3) is 0.976. The van der Waals surface area contributed by atoms with E-state index in [2.05, 4.69) is 30.6 Å². The van der Waals surface area contributed by atoms with E-state index in [0.717, 1.165) is 19.6 Å². The molecule has 270 valence electrons. The van der Waals surface area contributed by atoms with Gasteiger partial charge < -0.3 is 9.64 Å². The van der Waals surface area contributed by atoms with Gasteiger partial charge in [-0.1, -0.05) is 194 Å². The minimum atomic E-state index is -0.0852. The number of carbonyl (C=O) groups excluding carboxylic acids is 1. The zero-order chi connectivity index (χ0) is 32.9. The molecule has 0 bridgehead atoms. The molecule has 0 aromatic heterocycles. The summed E-state index contributed by atoms with van der Waals surface area (Å²) in [6.07, 6.45) is 41.5. The highest BCUT2D eigenvalue weighted by Gasteiger charge is 2.13. The van der Waals surface area contributed by atoms with Gasteiger partial charge in [0.05, 0.1) is 13.7 Å². The van der Waals surface area contributed by atoms with Crippen molar-refractivity contribution in [2.75, 3.05) is 46.4 Å². The van der Waals surface area contributed by atoms with Crippen molar-refractivity contribution < 1.29 is 9.53 Å². The Kier molecular flexibility index (Phi) is 37.3. The van der Waals surface area contributed by atoms with Crippen LogP contribution < -0.4 is 0 Å². The average Bonchev–Trinajstić information content (AvgIpc) is 3.05. The highest BCUT2D eigenvalue weighted by molar-refractivity contribution is 5.71. The monoisotopic (exact) mass is 637 g/mol. The molecule has 0 aliphatic heterocycles. The third-order valence-corrected chi connectivity index (χ3v) is 9.80. The maximum absolute atomic E-state index is 12.2. The Bertz CT molecular complexity index is 546. The van der Waals surface area contributed by atoms with E-state index in [1.165, 1.54) is 213 Å². The summed E-state index contributed by atoms with van der Waals surface area (Å²) in [4.78, 5) is 17.3. The van der Waals surface area contributed by atoms with Crippen molar-refractivity contribution in [1.29, 1.82) is 0 Å². The Morgan fingerprint density at radius 3 is 0.889 bits per heavy atom. The summed E-state index contributed by atoms with van der Waals surface area (Å²) in [5.41, 5.74) is 0. The first-order valence-corrected chi connectivity index (χ1v) is 20.7. The molecule has 0 saturated carbocycles. The minimum Gasteiger partial charge on any atom is -0.468 e. The molecule has 0 spiro atoms. The van der Waals surface area contributed by atoms with Gasteiger partial charge >= 0.3 is 5.97 Å². The van der Waals surface area contributed by atoms with Gasteiger partial charge in [-0.3, -0.25) is 9.69 Å². The average molecular weight is 637 g/mol. The summed E-state index contributed by atoms with van der Waals surface area (Å²) >= 11 is 0. The molecule has 0 amide bonds. The van der Waals surface area contributed by atoms with E-state index < -0.39 is 0 Å². The van der Waals surface area contributed by atoms with Crippen LogP contribution in [0.2, 0.25) is 0 Å². The van der Waals surface area contributed by atoms with Crippen LogP contribution in [0.25, 0.3) is 0 Å². The lowest BCUT2D eigenvalue weighted by molar-refractivity contribution is -0.142. The number of carbonyl (C=O) groups is 1. The Hall–Kier alpha value is -0.610. The van der Waals surface area contributed by atoms with E-state index in [4.69, 9.17) is 4.74 Å². The van der Waals surface area contributed by atoms with Gasteiger partial charge in [-0.15, -0.1) is 0 Å². The SMILES string of the molecule is CCCCCCCCCCCCN(CCCCCCCCCCCC)CCN(CCCCCCCCCCCC)CC(=O)OC. The van der Waals surface area contributed by atoms with Crippen LogP contribution in [0.1, 0.15) is 213 Å². The fourth-order valence-electron chi connectivity index (χ4n) is 6.60. The van der Waals surface area contributed by atoms with Gasteiger partial charge in [-0.05, 0) is 38.9 Å². The molecule has 0 fully saturated rings. The number of ether oxygens (including phenoxy) is 1. The topological polar surface area (TPSA) is 32.8 Å². The summed E-state index contributed by atoms with van der Waals surface area (Å²) < 4.78 is 5.07. The van der Waals surface area contributed by atoms with Crippen LogP contribution in [0.15, 0.2) is 0 Å². The molecule has 0 saturated heterocycles. The van der Waals surface area contributed by atoms with Gasteiger partial charge in [-0.2, -0.15) is 0 Å². The van der Waals surface area contributed by atoms with Gasteiger partial charge in [0.1, 0.15) is 0 Å². The molecule has 0 heterocycles. The number of rotatable bonds is 38. The standard InChI is InChI=1S/C41H84N2O2/c1-5-8-11-14-17-20-23-26-29-32-35-42(36-33-30-27-24-21-18-15-12-9-6-2)38-39-43(40-41(44)45-4)37-34-31-28-25-22-19-16-13-10-7-3/h5-40H2,1-4H3. The number of esters is 1. The predicted octanol–water partition coefficient (Wildman–Crippen LogP) is 12.5. The van der Waals surface area contributed by atoms with Crippen LogP contribution in [0.4, 0.5) is 0 Å². The summed E-state index contributed by atoms with van der Waals surface area (Å²) in [6.45, 7) is 12.9. The second-order valence-electron chi connectivity index (χ2n) is 14.2. The fourth-order valence-corrected chi connectivity index (χ4v) is 6.60. The van der Waals surface area contributed by atoms with Crippen molar-refractivity contribution in [3.8, 4) is 0 Å². The number of hydrogen-bond donors (Lipinski definition) is 0. The third-order valence-electron chi connectivity index (χ3n) is 9.80. The quantitative estimate of drug-likeness (QED) is 0.0498. The van der Waals surface area contributed by atoms with Crippen molar-refractivity contribution in [2.45, 2.75) is 213 Å². The lowest BCUT2D eigenvalue weighted by atomic mass is 10.1. The normalized spacial score (nSPS) is 11.7. The van der Waals surface area contributed by atoms with E-state index >= 15 is 0 Å². The Morgan fingerprint density at radius 1 is 0.356 bits per heavy atom. The van der Waals surface area contributed by atoms with Gasteiger partial charge in [0.2, 0.25) is 0 Å². The van der Waals surface area contributed by atoms with Crippen LogP contribution >= 0.6 is 0 Å². The van der Waals surface area contributed by atoms with E-state index in [0.29, 0.717) is 6.54 Å². The highest BCUT2D eigenvalue weighted by Crippen LogP contribution is 2.14. The largest absolute Gasteiger partial charge is 0.468 e. The van der Waals surface area contributed by atoms with Crippen LogP contribution in [0.5, 0.6) is 0 Å². The Balaban J connectivity index is 4.48. The first-order chi connectivity index (χ1) is 22.2. The van der Waals surface area contributed by atoms with Crippen LogP contribution in [-0.4, -0.2) is 62.1 Å². The zero-order valence-electron chi connectivity index (χ0n) is 31.7. The number of unbranched alkanes of at least 4 members (excludes halogenated alkanes) is 27. The number of nitrogens with zero attached hydrogens (tertiary/aromatic N) is 2. The first kappa shape index (κ1) is 44.4. The second-order valence-corrected chi connectivity index (χ2v) is 14.2. The molecule has 45 heavy (non-hydrogen) atoms. The van der Waals surface area contributed by atoms with E-state index in [1.54, 1.807) is 0 Å². The van der Waals surface area contributed by atoms with Crippen molar-refractivity contribution in [2.24, 2.45) is 0 Å². The minimum absolute atomic E-state index is 0.0852. The van der Waals surface area contributed by atoms with E-state index in [1.807, 2.05) is 0 Å². The molecule has 0 radical (unpaired) electrons. The van der Waals surface area contributed by atoms with Gasteiger partial charge in [0, 0.05) is 13.1 Å². The molecule has 0 aliphatic rings. The maximum Gasteiger partial charge on any atom is 0.319 e. The first-order valence-electron chi connectivity index (χ1n) is 20.7. The molecule has 0 rings (SSSR count). The lowest BCUT2D eigenvalue weighted by Crippen LogP contribution is -2.39. The third kappa shape index (κ3) is 34.5. The highest BCUT2D eigenvalue weighted by atomic mass is 16.5. The maximum atomic E-state index is 12.2. The Morgan fingerprint density at radius 2 is 0.600 bits per heavy atom. The zero-order valence-corrected chi connectivity index (χ0v) is 31.7. The van der Waals surface area contributed by atoms with Gasteiger partial charge in [-0.25, -0.2) is 0 Å². The van der Waals surface area contributed by atoms with Crippen molar-refractivity contribution in [3.05, 3.63) is 0 Å². The summed E-state index contributed by atoms with van der Waals surface area (Å²) in [5, 5.41) is 0. The summed E-state index contributed by atoms with van der Waals surface area (Å²) in [6, 6.07) is 0. The molecule has 0 N–H and O–H groups in total.